The van der Waals surface area contributed by atoms with E-state index in [4.69, 9.17) is 15.7 Å². The van der Waals surface area contributed by atoms with Crippen LogP contribution in [-0.4, -0.2) is 53.6 Å². The fraction of sp³-hybridized carbons (Fsp3) is 0.238. The lowest BCUT2D eigenvalue weighted by Crippen LogP contribution is -2.52. The van der Waals surface area contributed by atoms with Gasteiger partial charge >= 0.3 is 0 Å². The molecule has 0 saturated carbocycles. The molecule has 1 atom stereocenters. The Hall–Kier alpha value is -4.11. The van der Waals surface area contributed by atoms with Crippen molar-refractivity contribution in [2.24, 2.45) is 10.7 Å². The largest absolute Gasteiger partial charge is 0.493 e. The van der Waals surface area contributed by atoms with Gasteiger partial charge in [-0.2, -0.15) is 10.4 Å². The van der Waals surface area contributed by atoms with Gasteiger partial charge in [-0.3, -0.25) is 4.79 Å². The third-order valence-corrected chi connectivity index (χ3v) is 7.69. The number of carbonyl (C=O) groups is 1. The molecule has 3 aromatic rings. The molecule has 0 fully saturated rings. The Bertz CT molecular complexity index is 1490. The number of guanidine groups is 1. The molecule has 3 N–H and O–H groups in total. The zero-order chi connectivity index (χ0) is 23.4. The van der Waals surface area contributed by atoms with Gasteiger partial charge in [0.2, 0.25) is 16.0 Å². The van der Waals surface area contributed by atoms with Crippen LogP contribution in [-0.2, 0) is 15.6 Å². The highest BCUT2D eigenvalue weighted by atomic mass is 32.2. The van der Waals surface area contributed by atoms with Crippen LogP contribution in [0, 0.1) is 11.3 Å². The Morgan fingerprint density at radius 2 is 2.12 bits per heavy atom. The topological polar surface area (TPSA) is 155 Å². The van der Waals surface area contributed by atoms with Gasteiger partial charge in [-0.1, -0.05) is 0 Å². The lowest BCUT2D eigenvalue weighted by molar-refractivity contribution is 0.102. The number of amides is 1. The summed E-state index contributed by atoms with van der Waals surface area (Å²) in [5.41, 5.74) is 7.05. The van der Waals surface area contributed by atoms with E-state index in [1.54, 1.807) is 36.4 Å². The summed E-state index contributed by atoms with van der Waals surface area (Å²) in [5, 5.41) is 16.1. The van der Waals surface area contributed by atoms with Crippen molar-refractivity contribution in [3.63, 3.8) is 0 Å². The van der Waals surface area contributed by atoms with Crippen LogP contribution in [0.2, 0.25) is 0 Å². The summed E-state index contributed by atoms with van der Waals surface area (Å²) in [6.45, 7) is 0.292. The number of hydrogen-bond donors (Lipinski definition) is 2. The van der Waals surface area contributed by atoms with Crippen molar-refractivity contribution in [3.05, 3.63) is 59.4 Å². The quantitative estimate of drug-likeness (QED) is 0.572. The number of nitriles is 1. The van der Waals surface area contributed by atoms with Gasteiger partial charge in [0, 0.05) is 30.9 Å². The Morgan fingerprint density at radius 3 is 2.88 bits per heavy atom. The number of fused-ring (bicyclic) bond motifs is 3. The molecule has 168 valence electrons. The summed E-state index contributed by atoms with van der Waals surface area (Å²) in [5.74, 6) is -0.308. The summed E-state index contributed by atoms with van der Waals surface area (Å²) in [4.78, 5) is 17.4. The van der Waals surface area contributed by atoms with Gasteiger partial charge in [-0.25, -0.2) is 22.2 Å². The van der Waals surface area contributed by atoms with Crippen LogP contribution in [0.15, 0.2) is 47.6 Å². The molecule has 1 aromatic carbocycles. The van der Waals surface area contributed by atoms with Crippen molar-refractivity contribution in [2.45, 2.75) is 12.0 Å². The second kappa shape index (κ2) is 7.21. The van der Waals surface area contributed by atoms with Gasteiger partial charge in [0.25, 0.3) is 5.91 Å². The Labute approximate surface area is 189 Å². The highest BCUT2D eigenvalue weighted by Crippen LogP contribution is 2.44. The Balaban J connectivity index is 1.49. The van der Waals surface area contributed by atoms with E-state index < -0.39 is 21.5 Å². The number of nitrogens with zero attached hydrogens (tertiary/aromatic N) is 5. The monoisotopic (exact) mass is 465 g/mol. The number of carbonyl (C=O) groups excluding carboxylic acids is 1. The number of hydrogen-bond acceptors (Lipinski definition) is 8. The highest BCUT2D eigenvalue weighted by Gasteiger charge is 2.47. The van der Waals surface area contributed by atoms with E-state index in [0.717, 1.165) is 4.31 Å². The first-order valence-corrected chi connectivity index (χ1v) is 11.6. The molecule has 2 aliphatic heterocycles. The first-order chi connectivity index (χ1) is 15.7. The first-order valence-electron chi connectivity index (χ1n) is 10.0. The molecule has 5 rings (SSSR count). The summed E-state index contributed by atoms with van der Waals surface area (Å²) >= 11 is 0. The zero-order valence-corrected chi connectivity index (χ0v) is 18.3. The van der Waals surface area contributed by atoms with Crippen LogP contribution in [0.5, 0.6) is 5.75 Å². The van der Waals surface area contributed by atoms with Gasteiger partial charge in [-0.15, -0.1) is 0 Å². The molecule has 0 bridgehead atoms. The number of sulfonamides is 1. The second-order valence-electron chi connectivity index (χ2n) is 7.92. The minimum absolute atomic E-state index is 0.0926. The van der Waals surface area contributed by atoms with E-state index in [1.165, 1.54) is 17.8 Å². The number of aromatic nitrogens is 2. The number of anilines is 1. The average molecular weight is 465 g/mol. The summed E-state index contributed by atoms with van der Waals surface area (Å²) in [6, 6.07) is 12.0. The third-order valence-electron chi connectivity index (χ3n) is 5.82. The molecular formula is C21H19N7O4S. The molecule has 0 aliphatic carbocycles. The molecule has 0 unspecified atom stereocenters. The number of aliphatic imine (C=N–C) groups is 1. The molecule has 0 saturated heterocycles. The molecule has 12 heteroatoms. The van der Waals surface area contributed by atoms with Crippen molar-refractivity contribution >= 4 is 33.1 Å². The van der Waals surface area contributed by atoms with Crippen LogP contribution in [0.3, 0.4) is 0 Å². The van der Waals surface area contributed by atoms with Crippen molar-refractivity contribution in [1.82, 2.24) is 13.9 Å². The van der Waals surface area contributed by atoms with Gasteiger partial charge in [0.1, 0.15) is 17.4 Å². The average Bonchev–Trinajstić information content (AvgIpc) is 3.21. The maximum atomic E-state index is 12.8. The number of nitrogens with two attached hydrogens (primary N) is 1. The van der Waals surface area contributed by atoms with Gasteiger partial charge < -0.3 is 15.8 Å². The van der Waals surface area contributed by atoms with Crippen LogP contribution in [0.25, 0.3) is 5.52 Å². The Kier molecular flexibility index (Phi) is 4.54. The second-order valence-corrected chi connectivity index (χ2v) is 9.92. The number of nitrogens with one attached hydrogen (secondary N) is 1. The van der Waals surface area contributed by atoms with E-state index in [9.17, 15) is 13.2 Å². The molecule has 1 spiro atoms. The van der Waals surface area contributed by atoms with Gasteiger partial charge in [-0.05, 0) is 36.4 Å². The predicted molar refractivity (Wildman–Crippen MR) is 119 cm³/mol. The third kappa shape index (κ3) is 3.42. The van der Waals surface area contributed by atoms with E-state index in [2.05, 4.69) is 15.4 Å². The van der Waals surface area contributed by atoms with Gasteiger partial charge in [0.05, 0.1) is 23.4 Å². The summed E-state index contributed by atoms with van der Waals surface area (Å²) in [6.07, 6.45) is 1.87. The first kappa shape index (κ1) is 20.8. The fourth-order valence-corrected chi connectivity index (χ4v) is 5.54. The van der Waals surface area contributed by atoms with Gasteiger partial charge in [0.15, 0.2) is 5.69 Å². The van der Waals surface area contributed by atoms with Crippen LogP contribution in [0.4, 0.5) is 5.69 Å². The molecule has 2 aliphatic rings. The van der Waals surface area contributed by atoms with Crippen molar-refractivity contribution in [3.8, 4) is 11.8 Å². The lowest BCUT2D eigenvalue weighted by Gasteiger charge is -2.40. The SMILES string of the molecule is CN1C(N)=N[C@@]2(CCOc3ccc(NC(=O)c4cc5ccc(C#N)cn5n4)cc32)CS1(=O)=O. The van der Waals surface area contributed by atoms with Crippen molar-refractivity contribution in [1.29, 1.82) is 5.26 Å². The maximum absolute atomic E-state index is 12.8. The summed E-state index contributed by atoms with van der Waals surface area (Å²) < 4.78 is 33.5. The standard InChI is InChI=1S/C21H19N7O4S/c1-27-20(23)25-21(12-33(27,30)31)6-7-32-18-5-3-14(8-16(18)21)24-19(29)17-9-15-4-2-13(10-22)11-28(15)26-17/h2-5,8-9,11H,6-7,12H2,1H3,(H2,23,25)(H,24,29)/t21-/m0/s1. The summed E-state index contributed by atoms with van der Waals surface area (Å²) in [7, 11) is -2.29. The maximum Gasteiger partial charge on any atom is 0.276 e. The van der Waals surface area contributed by atoms with Crippen molar-refractivity contribution < 1.29 is 17.9 Å². The van der Waals surface area contributed by atoms with E-state index in [1.807, 2.05) is 6.07 Å². The normalized spacial score (nSPS) is 21.1. The lowest BCUT2D eigenvalue weighted by atomic mass is 9.86. The number of rotatable bonds is 2. The molecule has 33 heavy (non-hydrogen) atoms. The van der Waals surface area contributed by atoms with Crippen LogP contribution >= 0.6 is 0 Å². The Morgan fingerprint density at radius 1 is 1.30 bits per heavy atom. The predicted octanol–water partition coefficient (Wildman–Crippen LogP) is 1.03. The number of pyridine rings is 1. The van der Waals surface area contributed by atoms with Crippen molar-refractivity contribution in [2.75, 3.05) is 24.7 Å². The van der Waals surface area contributed by atoms with E-state index in [0.29, 0.717) is 41.1 Å². The minimum Gasteiger partial charge on any atom is -0.493 e. The molecule has 1 amide bonds. The zero-order valence-electron chi connectivity index (χ0n) is 17.5. The minimum atomic E-state index is -3.66. The number of ether oxygens (including phenoxy) is 1. The molecular weight excluding hydrogens is 446 g/mol. The van der Waals surface area contributed by atoms with E-state index >= 15 is 0 Å². The highest BCUT2D eigenvalue weighted by molar-refractivity contribution is 7.89. The molecule has 11 nitrogen and oxygen atoms in total. The molecule has 2 aromatic heterocycles. The number of benzene rings is 1. The van der Waals surface area contributed by atoms with Crippen LogP contribution in [0.1, 0.15) is 28.0 Å². The smallest absolute Gasteiger partial charge is 0.276 e. The van der Waals surface area contributed by atoms with Crippen LogP contribution < -0.4 is 15.8 Å². The van der Waals surface area contributed by atoms with E-state index in [-0.39, 0.29) is 17.4 Å². The molecule has 4 heterocycles. The fourth-order valence-electron chi connectivity index (χ4n) is 4.05. The molecule has 0 radical (unpaired) electrons.